The zero-order valence-corrected chi connectivity index (χ0v) is 13.4. The molecule has 2 aromatic rings. The minimum atomic E-state index is -4.41. The maximum Gasteiger partial charge on any atom is 0.418 e. The number of hydrogen-bond donors (Lipinski definition) is 0. The third kappa shape index (κ3) is 3.31. The van der Waals surface area contributed by atoms with Crippen molar-refractivity contribution >= 4 is 15.9 Å². The molecule has 0 saturated carbocycles. The number of benzene rings is 1. The normalized spacial score (nSPS) is 11.9. The molecule has 0 spiro atoms. The maximum absolute atomic E-state index is 13.3. The van der Waals surface area contributed by atoms with Gasteiger partial charge in [0.2, 0.25) is 0 Å². The highest BCUT2D eigenvalue weighted by Gasteiger charge is 2.34. The van der Waals surface area contributed by atoms with E-state index in [0.29, 0.717) is 23.7 Å². The average Bonchev–Trinajstić information content (AvgIpc) is 2.89. The number of hydrogen-bond acceptors (Lipinski definition) is 1. The first-order valence-electron chi connectivity index (χ1n) is 6.75. The van der Waals surface area contributed by atoms with Crippen LogP contribution in [0, 0.1) is 0 Å². The van der Waals surface area contributed by atoms with Crippen LogP contribution in [0.2, 0.25) is 0 Å². The molecule has 0 fully saturated rings. The van der Waals surface area contributed by atoms with E-state index in [9.17, 15) is 13.2 Å². The highest BCUT2D eigenvalue weighted by atomic mass is 79.9. The summed E-state index contributed by atoms with van der Waals surface area (Å²) in [5, 5.41) is 4.69. The summed E-state index contributed by atoms with van der Waals surface area (Å²) in [5.41, 5.74) is 1.60. The molecule has 2 nitrogen and oxygen atoms in total. The Morgan fingerprint density at radius 3 is 2.38 bits per heavy atom. The van der Waals surface area contributed by atoms with Crippen LogP contribution in [0.25, 0.3) is 5.69 Å². The fraction of sp³-hybridized carbons (Fsp3) is 0.400. The van der Waals surface area contributed by atoms with Gasteiger partial charge in [-0.05, 0) is 36.6 Å². The molecule has 0 radical (unpaired) electrons. The Morgan fingerprint density at radius 1 is 1.14 bits per heavy atom. The molecule has 0 saturated heterocycles. The van der Waals surface area contributed by atoms with Crippen LogP contribution in [0.15, 0.2) is 24.3 Å². The van der Waals surface area contributed by atoms with Crippen molar-refractivity contribution < 1.29 is 13.2 Å². The van der Waals surface area contributed by atoms with Gasteiger partial charge in [0.25, 0.3) is 0 Å². The molecular weight excluding hydrogens is 345 g/mol. The molecule has 0 amide bonds. The number of rotatable bonds is 4. The van der Waals surface area contributed by atoms with Gasteiger partial charge in [-0.1, -0.05) is 35.8 Å². The molecule has 1 heterocycles. The number of alkyl halides is 4. The van der Waals surface area contributed by atoms with Crippen LogP contribution >= 0.6 is 15.9 Å². The lowest BCUT2D eigenvalue weighted by Gasteiger charge is -2.15. The van der Waals surface area contributed by atoms with Crippen LogP contribution in [0.5, 0.6) is 0 Å². The van der Waals surface area contributed by atoms with Gasteiger partial charge >= 0.3 is 6.18 Å². The Hall–Kier alpha value is -1.30. The first-order chi connectivity index (χ1) is 9.90. The smallest absolute Gasteiger partial charge is 0.237 e. The summed E-state index contributed by atoms with van der Waals surface area (Å²) in [6.45, 7) is 3.85. The van der Waals surface area contributed by atoms with Gasteiger partial charge in [0.1, 0.15) is 0 Å². The van der Waals surface area contributed by atoms with E-state index in [1.54, 1.807) is 6.07 Å². The molecular formula is C15H16BrF3N2. The summed E-state index contributed by atoms with van der Waals surface area (Å²) in [7, 11) is 0. The Balaban J connectivity index is 2.65. The van der Waals surface area contributed by atoms with Gasteiger partial charge in [-0.15, -0.1) is 0 Å². The summed E-state index contributed by atoms with van der Waals surface area (Å²) in [6, 6.07) is 6.21. The molecule has 0 N–H and O–H groups in total. The summed E-state index contributed by atoms with van der Waals surface area (Å²) in [4.78, 5) is 0. The molecule has 0 unspecified atom stereocenters. The zero-order valence-electron chi connectivity index (χ0n) is 11.8. The topological polar surface area (TPSA) is 17.8 Å². The van der Waals surface area contributed by atoms with Crippen LogP contribution in [0.1, 0.15) is 36.4 Å². The Bertz CT molecular complexity index is 632. The third-order valence-electron chi connectivity index (χ3n) is 3.31. The molecule has 0 aliphatic carbocycles. The van der Waals surface area contributed by atoms with E-state index in [1.807, 2.05) is 19.9 Å². The third-order valence-corrected chi connectivity index (χ3v) is 3.95. The van der Waals surface area contributed by atoms with Crippen molar-refractivity contribution in [2.45, 2.75) is 38.2 Å². The largest absolute Gasteiger partial charge is 0.418 e. The van der Waals surface area contributed by atoms with Gasteiger partial charge < -0.3 is 0 Å². The van der Waals surface area contributed by atoms with E-state index in [-0.39, 0.29) is 5.69 Å². The van der Waals surface area contributed by atoms with E-state index in [2.05, 4.69) is 21.0 Å². The van der Waals surface area contributed by atoms with E-state index in [4.69, 9.17) is 0 Å². The van der Waals surface area contributed by atoms with Crippen molar-refractivity contribution in [3.8, 4) is 5.69 Å². The van der Waals surface area contributed by atoms with Gasteiger partial charge in [-0.2, -0.15) is 18.3 Å². The van der Waals surface area contributed by atoms with E-state index >= 15 is 0 Å². The number of halogens is 4. The summed E-state index contributed by atoms with van der Waals surface area (Å²) in [6.07, 6.45) is -3.08. The van der Waals surface area contributed by atoms with Gasteiger partial charge in [-0.3, -0.25) is 0 Å². The molecule has 114 valence electrons. The molecule has 6 heteroatoms. The van der Waals surface area contributed by atoms with Crippen molar-refractivity contribution in [1.29, 1.82) is 0 Å². The average molecular weight is 361 g/mol. The first-order valence-corrected chi connectivity index (χ1v) is 7.87. The quantitative estimate of drug-likeness (QED) is 0.708. The van der Waals surface area contributed by atoms with Gasteiger partial charge in [0.15, 0.2) is 0 Å². The van der Waals surface area contributed by atoms with Crippen molar-refractivity contribution in [2.24, 2.45) is 0 Å². The standard InChI is InChI=1S/C15H16BrF3N2/c1-3-11-8-12(4-2)21(20-11)14-6-5-10(9-16)7-13(14)15(17,18)19/h5-8H,3-4,9H2,1-2H3. The Kier molecular flexibility index (Phi) is 4.76. The second-order valence-corrected chi connectivity index (χ2v) is 5.29. The van der Waals surface area contributed by atoms with Gasteiger partial charge in [0.05, 0.1) is 16.9 Å². The van der Waals surface area contributed by atoms with E-state index in [0.717, 1.165) is 11.4 Å². The Labute approximate surface area is 130 Å². The van der Waals surface area contributed by atoms with Gasteiger partial charge in [0, 0.05) is 11.0 Å². The lowest BCUT2D eigenvalue weighted by molar-refractivity contribution is -0.137. The zero-order chi connectivity index (χ0) is 15.6. The first kappa shape index (κ1) is 16.1. The molecule has 1 aromatic heterocycles. The van der Waals surface area contributed by atoms with Crippen LogP contribution in [-0.4, -0.2) is 9.78 Å². The van der Waals surface area contributed by atoms with Crippen molar-refractivity contribution in [2.75, 3.05) is 0 Å². The minimum absolute atomic E-state index is 0.0868. The number of aromatic nitrogens is 2. The van der Waals surface area contributed by atoms with Crippen molar-refractivity contribution in [3.63, 3.8) is 0 Å². The fourth-order valence-corrected chi connectivity index (χ4v) is 2.54. The van der Waals surface area contributed by atoms with E-state index < -0.39 is 11.7 Å². The van der Waals surface area contributed by atoms with E-state index in [1.165, 1.54) is 16.8 Å². The molecule has 1 aromatic carbocycles. The molecule has 0 atom stereocenters. The predicted octanol–water partition coefficient (Wildman–Crippen LogP) is 4.91. The molecule has 2 rings (SSSR count). The summed E-state index contributed by atoms with van der Waals surface area (Å²) in [5.74, 6) is 0. The monoisotopic (exact) mass is 360 g/mol. The number of aryl methyl sites for hydroxylation is 2. The molecule has 0 bridgehead atoms. The lowest BCUT2D eigenvalue weighted by Crippen LogP contribution is -2.13. The van der Waals surface area contributed by atoms with Crippen LogP contribution in [-0.2, 0) is 24.3 Å². The van der Waals surface area contributed by atoms with Crippen molar-refractivity contribution in [1.82, 2.24) is 9.78 Å². The van der Waals surface area contributed by atoms with Gasteiger partial charge in [-0.25, -0.2) is 4.68 Å². The van der Waals surface area contributed by atoms with Crippen LogP contribution < -0.4 is 0 Å². The number of nitrogens with zero attached hydrogens (tertiary/aromatic N) is 2. The van der Waals surface area contributed by atoms with Crippen molar-refractivity contribution in [3.05, 3.63) is 46.8 Å². The second-order valence-electron chi connectivity index (χ2n) is 4.73. The summed E-state index contributed by atoms with van der Waals surface area (Å²) >= 11 is 3.19. The molecule has 21 heavy (non-hydrogen) atoms. The highest BCUT2D eigenvalue weighted by molar-refractivity contribution is 9.08. The molecule has 0 aliphatic heterocycles. The Morgan fingerprint density at radius 2 is 1.86 bits per heavy atom. The molecule has 0 aliphatic rings. The second kappa shape index (κ2) is 6.22. The predicted molar refractivity (Wildman–Crippen MR) is 80.0 cm³/mol. The fourth-order valence-electron chi connectivity index (χ4n) is 2.19. The summed E-state index contributed by atoms with van der Waals surface area (Å²) < 4.78 is 41.4. The van der Waals surface area contributed by atoms with Crippen LogP contribution in [0.3, 0.4) is 0 Å². The lowest BCUT2D eigenvalue weighted by atomic mass is 10.1. The minimum Gasteiger partial charge on any atom is -0.237 e. The van der Waals surface area contributed by atoms with Crippen LogP contribution in [0.4, 0.5) is 13.2 Å². The maximum atomic E-state index is 13.3. The SMILES string of the molecule is CCc1cc(CC)n(-c2ccc(CBr)cc2C(F)(F)F)n1. The highest BCUT2D eigenvalue weighted by Crippen LogP contribution is 2.35.